The van der Waals surface area contributed by atoms with Gasteiger partial charge in [0, 0.05) is 43.9 Å². The first-order valence-corrected chi connectivity index (χ1v) is 15.2. The number of amides is 4. The molecule has 0 unspecified atom stereocenters. The third kappa shape index (κ3) is 5.35. The van der Waals surface area contributed by atoms with Crippen LogP contribution in [0.2, 0.25) is 0 Å². The van der Waals surface area contributed by atoms with Gasteiger partial charge in [0.2, 0.25) is 11.7 Å². The van der Waals surface area contributed by atoms with Crippen LogP contribution in [0.4, 0.5) is 10.5 Å². The summed E-state index contributed by atoms with van der Waals surface area (Å²) in [7, 11) is 4.52. The van der Waals surface area contributed by atoms with Crippen molar-refractivity contribution in [2.75, 3.05) is 45.9 Å². The number of likely N-dealkylation sites (tertiary alicyclic amines) is 1. The highest BCUT2D eigenvalue weighted by Crippen LogP contribution is 2.43. The molecule has 0 radical (unpaired) electrons. The number of imide groups is 2. The minimum atomic E-state index is -1.66. The molecule has 2 saturated heterocycles. The minimum Gasteiger partial charge on any atom is -0.493 e. The second kappa shape index (κ2) is 12.0. The van der Waals surface area contributed by atoms with Gasteiger partial charge in [-0.25, -0.2) is 9.69 Å². The van der Waals surface area contributed by atoms with Crippen molar-refractivity contribution in [3.63, 3.8) is 0 Å². The Morgan fingerprint density at radius 1 is 0.867 bits per heavy atom. The summed E-state index contributed by atoms with van der Waals surface area (Å²) in [6.45, 7) is 3.86. The quantitative estimate of drug-likeness (QED) is 0.365. The number of hydrogen-bond donors (Lipinski definition) is 1. The van der Waals surface area contributed by atoms with Crippen LogP contribution in [0.25, 0.3) is 0 Å². The molecule has 11 heteroatoms. The number of carbonyl (C=O) groups excluding carboxylic acids is 3. The summed E-state index contributed by atoms with van der Waals surface area (Å²) in [6.07, 6.45) is 1.71. The number of rotatable bonds is 9. The minimum absolute atomic E-state index is 0.0143. The Balaban J connectivity index is 1.42. The van der Waals surface area contributed by atoms with Gasteiger partial charge in [-0.15, -0.1) is 0 Å². The lowest BCUT2D eigenvalue weighted by atomic mass is 9.75. The molecule has 3 aromatic rings. The van der Waals surface area contributed by atoms with E-state index >= 15 is 0 Å². The predicted molar refractivity (Wildman–Crippen MR) is 167 cm³/mol. The zero-order valence-electron chi connectivity index (χ0n) is 26.0. The van der Waals surface area contributed by atoms with Crippen LogP contribution < -0.4 is 30.0 Å². The molecule has 4 heterocycles. The Morgan fingerprint density at radius 2 is 1.58 bits per heavy atom. The molecule has 0 aliphatic carbocycles. The second-order valence-corrected chi connectivity index (χ2v) is 12.1. The number of anilines is 1. The number of fused-ring (bicyclic) bond motifs is 4. The Kier molecular flexibility index (Phi) is 8.13. The molecule has 2 aromatic carbocycles. The van der Waals surface area contributed by atoms with Gasteiger partial charge in [-0.2, -0.15) is 0 Å². The number of carbonyl (C=O) groups is 3. The number of nitrogens with one attached hydrogen (secondary N) is 1. The first kappa shape index (κ1) is 30.4. The second-order valence-electron chi connectivity index (χ2n) is 12.1. The molecule has 11 nitrogen and oxygen atoms in total. The number of aryl methyl sites for hydroxylation is 1. The van der Waals surface area contributed by atoms with E-state index in [9.17, 15) is 19.2 Å². The summed E-state index contributed by atoms with van der Waals surface area (Å²) >= 11 is 0. The van der Waals surface area contributed by atoms with E-state index in [1.54, 1.807) is 36.4 Å². The maximum Gasteiger partial charge on any atom is 0.335 e. The fraction of sp³-hybridized carbons (Fsp3) is 0.412. The Bertz CT molecular complexity index is 1680. The van der Waals surface area contributed by atoms with Crippen molar-refractivity contribution in [3.8, 4) is 17.2 Å². The zero-order chi connectivity index (χ0) is 31.9. The van der Waals surface area contributed by atoms with E-state index in [0.717, 1.165) is 29.0 Å². The standard InChI is InChI=1S/C34H38N4O7/c1-5-21-9-11-25(12-10-21)38-32(41)34(31(40)35-33(38)42,16-22-14-27(43-2)30(45-4)28(15-22)44-3)20-36-17-23-13-24(19-36)26-7-6-8-29(39)37(26)18-23/h6-12,14-15,23-24H,5,13,16-20H2,1-4H3,(H,35,40,42)/t23-,24-,34+/m0/s1. The first-order valence-electron chi connectivity index (χ1n) is 15.2. The van der Waals surface area contributed by atoms with Crippen molar-refractivity contribution in [1.29, 1.82) is 0 Å². The molecule has 236 valence electrons. The van der Waals surface area contributed by atoms with Gasteiger partial charge in [0.15, 0.2) is 11.5 Å². The predicted octanol–water partition coefficient (Wildman–Crippen LogP) is 3.37. The fourth-order valence-electron chi connectivity index (χ4n) is 7.23. The number of pyridine rings is 1. The molecule has 3 aliphatic heterocycles. The fourth-order valence-corrected chi connectivity index (χ4v) is 7.23. The molecule has 4 amide bonds. The summed E-state index contributed by atoms with van der Waals surface area (Å²) in [6, 6.07) is 15.2. The molecule has 0 saturated carbocycles. The monoisotopic (exact) mass is 614 g/mol. The highest BCUT2D eigenvalue weighted by Gasteiger charge is 2.56. The van der Waals surface area contributed by atoms with Gasteiger partial charge in [-0.1, -0.05) is 25.1 Å². The largest absolute Gasteiger partial charge is 0.493 e. The van der Waals surface area contributed by atoms with Crippen molar-refractivity contribution in [2.24, 2.45) is 11.3 Å². The van der Waals surface area contributed by atoms with Gasteiger partial charge < -0.3 is 23.7 Å². The third-order valence-electron chi connectivity index (χ3n) is 9.35. The third-order valence-corrected chi connectivity index (χ3v) is 9.35. The Hall–Kier alpha value is -4.64. The van der Waals surface area contributed by atoms with Gasteiger partial charge >= 0.3 is 6.03 Å². The molecular formula is C34H38N4O7. The van der Waals surface area contributed by atoms with Crippen LogP contribution in [0.1, 0.15) is 36.1 Å². The van der Waals surface area contributed by atoms with Gasteiger partial charge in [-0.05, 0) is 66.6 Å². The average molecular weight is 615 g/mol. The van der Waals surface area contributed by atoms with E-state index in [4.69, 9.17) is 14.2 Å². The lowest BCUT2D eigenvalue weighted by Crippen LogP contribution is -2.68. The lowest BCUT2D eigenvalue weighted by molar-refractivity contribution is -0.144. The van der Waals surface area contributed by atoms with E-state index in [1.807, 2.05) is 29.7 Å². The van der Waals surface area contributed by atoms with Crippen molar-refractivity contribution < 1.29 is 28.6 Å². The van der Waals surface area contributed by atoms with E-state index in [-0.39, 0.29) is 30.4 Å². The number of hydrogen-bond acceptors (Lipinski definition) is 8. The van der Waals surface area contributed by atoms with Gasteiger partial charge in [0.25, 0.3) is 11.5 Å². The topological polar surface area (TPSA) is 119 Å². The van der Waals surface area contributed by atoms with Crippen LogP contribution in [-0.2, 0) is 29.0 Å². The first-order chi connectivity index (χ1) is 21.7. The van der Waals surface area contributed by atoms with Gasteiger partial charge in [0.05, 0.1) is 27.0 Å². The smallest absolute Gasteiger partial charge is 0.335 e. The summed E-state index contributed by atoms with van der Waals surface area (Å²) in [5.74, 6) is 0.178. The number of ether oxygens (including phenoxy) is 3. The highest BCUT2D eigenvalue weighted by atomic mass is 16.5. The van der Waals surface area contributed by atoms with E-state index < -0.39 is 23.3 Å². The maximum atomic E-state index is 14.7. The maximum absolute atomic E-state index is 14.7. The molecule has 45 heavy (non-hydrogen) atoms. The zero-order valence-corrected chi connectivity index (χ0v) is 26.0. The van der Waals surface area contributed by atoms with Gasteiger partial charge in [0.1, 0.15) is 5.41 Å². The normalized spacial score (nSPS) is 22.9. The number of barbiturate groups is 1. The van der Waals surface area contributed by atoms with Crippen LogP contribution >= 0.6 is 0 Å². The average Bonchev–Trinajstić information content (AvgIpc) is 3.04. The summed E-state index contributed by atoms with van der Waals surface area (Å²) < 4.78 is 18.5. The number of nitrogens with zero attached hydrogens (tertiary/aromatic N) is 3. The van der Waals surface area contributed by atoms with Crippen molar-refractivity contribution in [1.82, 2.24) is 14.8 Å². The number of piperidine rings is 1. The molecule has 6 rings (SSSR count). The Labute approximate surface area is 261 Å². The molecule has 0 spiro atoms. The van der Waals surface area contributed by atoms with Crippen molar-refractivity contribution >= 4 is 23.5 Å². The van der Waals surface area contributed by atoms with Crippen LogP contribution in [0.5, 0.6) is 17.2 Å². The molecule has 2 fully saturated rings. The van der Waals surface area contributed by atoms with Crippen LogP contribution in [-0.4, -0.2) is 68.3 Å². The summed E-state index contributed by atoms with van der Waals surface area (Å²) in [5.41, 5.74) is 1.35. The summed E-state index contributed by atoms with van der Waals surface area (Å²) in [4.78, 5) is 57.9. The molecule has 3 aliphatic rings. The number of methoxy groups -OCH3 is 3. The lowest BCUT2D eigenvalue weighted by Gasteiger charge is -2.47. The Morgan fingerprint density at radius 3 is 2.22 bits per heavy atom. The van der Waals surface area contributed by atoms with Crippen molar-refractivity contribution in [3.05, 3.63) is 81.8 Å². The number of aromatic nitrogens is 1. The number of benzene rings is 2. The molecular weight excluding hydrogens is 576 g/mol. The molecule has 3 atom stereocenters. The molecule has 1 N–H and O–H groups in total. The van der Waals surface area contributed by atoms with Gasteiger partial charge in [-0.3, -0.25) is 19.7 Å². The van der Waals surface area contributed by atoms with Crippen LogP contribution in [0.3, 0.4) is 0 Å². The SMILES string of the molecule is CCc1ccc(N2C(=O)NC(=O)[C@@](Cc3cc(OC)c(OC)c(OC)c3)(CN3C[C@@H]4C[C@@H](C3)c3cccc(=O)n3C4)C2=O)cc1. The van der Waals surface area contributed by atoms with E-state index in [0.29, 0.717) is 48.1 Å². The molecule has 1 aromatic heterocycles. The number of urea groups is 1. The van der Waals surface area contributed by atoms with Crippen LogP contribution in [0, 0.1) is 11.3 Å². The highest BCUT2D eigenvalue weighted by molar-refractivity contribution is 6.30. The van der Waals surface area contributed by atoms with Crippen molar-refractivity contribution in [2.45, 2.75) is 38.6 Å². The van der Waals surface area contributed by atoms with E-state index in [2.05, 4.69) is 10.2 Å². The molecule has 2 bridgehead atoms. The van der Waals surface area contributed by atoms with Crippen LogP contribution in [0.15, 0.2) is 59.4 Å². The van der Waals surface area contributed by atoms with E-state index in [1.165, 1.54) is 21.3 Å². The summed E-state index contributed by atoms with van der Waals surface area (Å²) in [5, 5.41) is 2.51.